The monoisotopic (exact) mass is 289 g/mol. The van der Waals surface area contributed by atoms with E-state index in [0.717, 1.165) is 12.1 Å². The van der Waals surface area contributed by atoms with E-state index in [4.69, 9.17) is 5.11 Å². The quantitative estimate of drug-likeness (QED) is 0.861. The molecule has 1 fully saturated rings. The molecule has 0 bridgehead atoms. The zero-order valence-corrected chi connectivity index (χ0v) is 12.9. The number of hydrogen-bond acceptors (Lipinski definition) is 2. The number of benzene rings is 1. The minimum Gasteiger partial charge on any atom is -0.395 e. The van der Waals surface area contributed by atoms with Crippen LogP contribution in [0.3, 0.4) is 0 Å². The van der Waals surface area contributed by atoms with E-state index in [1.165, 1.54) is 18.9 Å². The normalized spacial score (nSPS) is 18.8. The summed E-state index contributed by atoms with van der Waals surface area (Å²) < 4.78 is 14.2. The summed E-state index contributed by atoms with van der Waals surface area (Å²) in [4.78, 5) is 2.39. The fraction of sp³-hybridized carbons (Fsp3) is 0.556. The lowest BCUT2D eigenvalue weighted by atomic mass is 10.0. The first kappa shape index (κ1) is 16.0. The molecule has 1 saturated heterocycles. The van der Waals surface area contributed by atoms with Crippen LogP contribution in [0.15, 0.2) is 18.2 Å². The Labute approximate surface area is 127 Å². The third kappa shape index (κ3) is 4.30. The molecule has 21 heavy (non-hydrogen) atoms. The van der Waals surface area contributed by atoms with E-state index < -0.39 is 0 Å². The van der Waals surface area contributed by atoms with E-state index in [1.807, 2.05) is 12.1 Å². The van der Waals surface area contributed by atoms with Crippen molar-refractivity contribution in [2.75, 3.05) is 13.2 Å². The number of aliphatic hydroxyl groups excluding tert-OH is 1. The van der Waals surface area contributed by atoms with Crippen molar-refractivity contribution in [1.82, 2.24) is 4.90 Å². The van der Waals surface area contributed by atoms with Crippen molar-refractivity contribution in [2.24, 2.45) is 5.92 Å². The Balaban J connectivity index is 2.06. The van der Waals surface area contributed by atoms with Gasteiger partial charge in [0.05, 0.1) is 6.61 Å². The lowest BCUT2D eigenvalue weighted by Gasteiger charge is -2.27. The van der Waals surface area contributed by atoms with Gasteiger partial charge in [-0.1, -0.05) is 31.8 Å². The fourth-order valence-corrected chi connectivity index (χ4v) is 3.00. The summed E-state index contributed by atoms with van der Waals surface area (Å²) in [6.07, 6.45) is 2.84. The molecule has 0 amide bonds. The van der Waals surface area contributed by atoms with Crippen LogP contribution < -0.4 is 0 Å². The fourth-order valence-electron chi connectivity index (χ4n) is 3.00. The second-order valence-electron chi connectivity index (χ2n) is 6.01. The van der Waals surface area contributed by atoms with Crippen LogP contribution in [0.1, 0.15) is 44.2 Å². The van der Waals surface area contributed by atoms with Crippen molar-refractivity contribution in [3.05, 3.63) is 35.1 Å². The molecule has 1 N–H and O–H groups in total. The van der Waals surface area contributed by atoms with E-state index >= 15 is 0 Å². The van der Waals surface area contributed by atoms with Gasteiger partial charge in [0, 0.05) is 30.1 Å². The first-order valence-corrected chi connectivity index (χ1v) is 7.74. The maximum absolute atomic E-state index is 14.2. The van der Waals surface area contributed by atoms with Crippen molar-refractivity contribution in [2.45, 2.75) is 45.7 Å². The van der Waals surface area contributed by atoms with E-state index in [1.54, 1.807) is 0 Å². The first-order chi connectivity index (χ1) is 10.1. The Morgan fingerprint density at radius 3 is 2.90 bits per heavy atom. The van der Waals surface area contributed by atoms with Gasteiger partial charge in [-0.3, -0.25) is 4.90 Å². The molecule has 1 atom stereocenters. The number of rotatable bonds is 4. The number of aliphatic hydroxyl groups is 1. The summed E-state index contributed by atoms with van der Waals surface area (Å²) in [5, 5.41) is 8.69. The average molecular weight is 289 g/mol. The summed E-state index contributed by atoms with van der Waals surface area (Å²) in [6.45, 7) is 6.25. The van der Waals surface area contributed by atoms with Gasteiger partial charge in [0.2, 0.25) is 0 Å². The minimum atomic E-state index is -0.180. The zero-order valence-electron chi connectivity index (χ0n) is 12.9. The maximum atomic E-state index is 14.2. The molecule has 0 spiro atoms. The summed E-state index contributed by atoms with van der Waals surface area (Å²) in [5.41, 5.74) is 1.42. The topological polar surface area (TPSA) is 23.5 Å². The third-order valence-electron chi connectivity index (χ3n) is 4.08. The van der Waals surface area contributed by atoms with Gasteiger partial charge in [0.25, 0.3) is 0 Å². The first-order valence-electron chi connectivity index (χ1n) is 7.74. The van der Waals surface area contributed by atoms with E-state index in [0.29, 0.717) is 30.5 Å². The van der Waals surface area contributed by atoms with Crippen LogP contribution in [-0.2, 0) is 6.54 Å². The standard InChI is InChI=1S/C18H24FNO/c1-14(2)18-7-5-10-20(18)13-16-9-8-15(12-17(16)19)6-3-4-11-21/h8-9,12,14,18,21H,4-5,7,10-11,13H2,1-2H3. The molecule has 0 aliphatic carbocycles. The van der Waals surface area contributed by atoms with Gasteiger partial charge >= 0.3 is 0 Å². The molecule has 1 aromatic carbocycles. The molecule has 1 heterocycles. The summed E-state index contributed by atoms with van der Waals surface area (Å²) in [6, 6.07) is 5.77. The predicted octanol–water partition coefficient (Wildman–Crippen LogP) is 3.18. The van der Waals surface area contributed by atoms with E-state index in [2.05, 4.69) is 30.6 Å². The molecule has 1 aliphatic rings. The summed E-state index contributed by atoms with van der Waals surface area (Å²) in [5.74, 6) is 6.12. The van der Waals surface area contributed by atoms with Gasteiger partial charge in [0.1, 0.15) is 5.82 Å². The smallest absolute Gasteiger partial charge is 0.128 e. The predicted molar refractivity (Wildman–Crippen MR) is 83.3 cm³/mol. The lowest BCUT2D eigenvalue weighted by molar-refractivity contribution is 0.196. The van der Waals surface area contributed by atoms with Crippen LogP contribution in [0, 0.1) is 23.6 Å². The van der Waals surface area contributed by atoms with Gasteiger partial charge < -0.3 is 5.11 Å². The Morgan fingerprint density at radius 1 is 1.43 bits per heavy atom. The number of halogens is 1. The molecule has 1 aromatic rings. The van der Waals surface area contributed by atoms with Crippen molar-refractivity contribution < 1.29 is 9.50 Å². The number of nitrogens with zero attached hydrogens (tertiary/aromatic N) is 1. The highest BCUT2D eigenvalue weighted by Gasteiger charge is 2.27. The molecular weight excluding hydrogens is 265 g/mol. The molecule has 2 rings (SSSR count). The van der Waals surface area contributed by atoms with E-state index in [-0.39, 0.29) is 12.4 Å². The number of hydrogen-bond donors (Lipinski definition) is 1. The molecule has 0 radical (unpaired) electrons. The largest absolute Gasteiger partial charge is 0.395 e. The van der Waals surface area contributed by atoms with Crippen LogP contribution >= 0.6 is 0 Å². The highest BCUT2D eigenvalue weighted by Crippen LogP contribution is 2.26. The van der Waals surface area contributed by atoms with Crippen molar-refractivity contribution in [3.8, 4) is 11.8 Å². The SMILES string of the molecule is CC(C)C1CCCN1Cc1ccc(C#CCCO)cc1F. The summed E-state index contributed by atoms with van der Waals surface area (Å²) in [7, 11) is 0. The van der Waals surface area contributed by atoms with Crippen molar-refractivity contribution in [3.63, 3.8) is 0 Å². The van der Waals surface area contributed by atoms with Crippen LogP contribution in [-0.4, -0.2) is 29.2 Å². The average Bonchev–Trinajstić information content (AvgIpc) is 2.90. The zero-order chi connectivity index (χ0) is 15.2. The van der Waals surface area contributed by atoms with Gasteiger partial charge in [-0.05, 0) is 37.4 Å². The maximum Gasteiger partial charge on any atom is 0.128 e. The Morgan fingerprint density at radius 2 is 2.24 bits per heavy atom. The van der Waals surface area contributed by atoms with Crippen LogP contribution in [0.2, 0.25) is 0 Å². The molecule has 1 unspecified atom stereocenters. The second kappa shape index (κ2) is 7.59. The lowest BCUT2D eigenvalue weighted by Crippen LogP contribution is -2.33. The van der Waals surface area contributed by atoms with Crippen LogP contribution in [0.4, 0.5) is 4.39 Å². The highest BCUT2D eigenvalue weighted by atomic mass is 19.1. The molecule has 3 heteroatoms. The molecule has 1 aliphatic heterocycles. The van der Waals surface area contributed by atoms with Gasteiger partial charge in [-0.15, -0.1) is 0 Å². The van der Waals surface area contributed by atoms with Crippen LogP contribution in [0.5, 0.6) is 0 Å². The Kier molecular flexibility index (Phi) is 5.78. The Bertz CT molecular complexity index is 530. The molecule has 0 aromatic heterocycles. The Hall–Kier alpha value is -1.37. The summed E-state index contributed by atoms with van der Waals surface area (Å²) >= 11 is 0. The van der Waals surface area contributed by atoms with Gasteiger partial charge in [0.15, 0.2) is 0 Å². The number of likely N-dealkylation sites (tertiary alicyclic amines) is 1. The highest BCUT2D eigenvalue weighted by molar-refractivity contribution is 5.37. The van der Waals surface area contributed by atoms with Gasteiger partial charge in [-0.2, -0.15) is 0 Å². The minimum absolute atomic E-state index is 0.0408. The molecular formula is C18H24FNO. The molecule has 114 valence electrons. The third-order valence-corrected chi connectivity index (χ3v) is 4.08. The molecule has 2 nitrogen and oxygen atoms in total. The van der Waals surface area contributed by atoms with E-state index in [9.17, 15) is 4.39 Å². The van der Waals surface area contributed by atoms with Gasteiger partial charge in [-0.25, -0.2) is 4.39 Å². The van der Waals surface area contributed by atoms with Crippen LogP contribution in [0.25, 0.3) is 0 Å². The van der Waals surface area contributed by atoms with Crippen molar-refractivity contribution >= 4 is 0 Å². The second-order valence-corrected chi connectivity index (χ2v) is 6.01. The van der Waals surface area contributed by atoms with Crippen molar-refractivity contribution in [1.29, 1.82) is 0 Å². The molecule has 0 saturated carbocycles.